The lowest BCUT2D eigenvalue weighted by molar-refractivity contribution is -0.123. The van der Waals surface area contributed by atoms with E-state index < -0.39 is 0 Å². The van der Waals surface area contributed by atoms with E-state index in [0.29, 0.717) is 28.8 Å². The lowest BCUT2D eigenvalue weighted by atomic mass is 10.3. The molecule has 0 fully saturated rings. The van der Waals surface area contributed by atoms with E-state index in [1.54, 1.807) is 29.5 Å². The maximum atomic E-state index is 11.7. The van der Waals surface area contributed by atoms with Crippen molar-refractivity contribution in [2.24, 2.45) is 0 Å². The highest BCUT2D eigenvalue weighted by Gasteiger charge is 2.07. The first-order valence-corrected chi connectivity index (χ1v) is 7.93. The average Bonchev–Trinajstić information content (AvgIpc) is 2.83. The molecule has 0 unspecified atom stereocenters. The quantitative estimate of drug-likeness (QED) is 0.872. The minimum Gasteiger partial charge on any atom is -0.482 e. The number of hydrogen-bond donors (Lipinski definition) is 1. The maximum Gasteiger partial charge on any atom is 0.257 e. The summed E-state index contributed by atoms with van der Waals surface area (Å²) in [5.74, 6) is 0.237. The first-order valence-electron chi connectivity index (χ1n) is 6.30. The van der Waals surface area contributed by atoms with Crippen LogP contribution in [0.1, 0.15) is 10.7 Å². The Morgan fingerprint density at radius 3 is 2.90 bits per heavy atom. The summed E-state index contributed by atoms with van der Waals surface area (Å²) in [5, 5.41) is 6.68. The van der Waals surface area contributed by atoms with E-state index in [9.17, 15) is 4.79 Å². The van der Waals surface area contributed by atoms with E-state index in [4.69, 9.17) is 27.9 Å². The number of nitrogens with zero attached hydrogens (tertiary/aromatic N) is 1. The van der Waals surface area contributed by atoms with Crippen LogP contribution < -0.4 is 10.1 Å². The van der Waals surface area contributed by atoms with Crippen molar-refractivity contribution in [2.75, 3.05) is 13.2 Å². The van der Waals surface area contributed by atoms with Gasteiger partial charge in [0.25, 0.3) is 5.91 Å². The average molecular weight is 345 g/mol. The largest absolute Gasteiger partial charge is 0.482 e. The fraction of sp³-hybridized carbons (Fsp3) is 0.286. The van der Waals surface area contributed by atoms with Crippen molar-refractivity contribution in [1.82, 2.24) is 10.3 Å². The predicted octanol–water partition coefficient (Wildman–Crippen LogP) is 3.50. The summed E-state index contributed by atoms with van der Waals surface area (Å²) in [4.78, 5) is 16.0. The summed E-state index contributed by atoms with van der Waals surface area (Å²) >= 11 is 13.3. The molecule has 0 atom stereocenters. The van der Waals surface area contributed by atoms with Crippen molar-refractivity contribution in [3.05, 3.63) is 44.3 Å². The van der Waals surface area contributed by atoms with Crippen LogP contribution in [-0.4, -0.2) is 24.0 Å². The van der Waals surface area contributed by atoms with Crippen LogP contribution in [0.25, 0.3) is 0 Å². The number of carbonyl (C=O) groups excluding carboxylic acids is 1. The molecule has 1 aromatic carbocycles. The Hall–Kier alpha value is -1.30. The van der Waals surface area contributed by atoms with Gasteiger partial charge in [-0.05, 0) is 25.1 Å². The summed E-state index contributed by atoms with van der Waals surface area (Å²) < 4.78 is 5.34. The molecule has 112 valence electrons. The molecule has 0 radical (unpaired) electrons. The normalized spacial score (nSPS) is 10.4. The van der Waals surface area contributed by atoms with Crippen molar-refractivity contribution < 1.29 is 9.53 Å². The van der Waals surface area contributed by atoms with Crippen molar-refractivity contribution in [3.8, 4) is 5.75 Å². The Morgan fingerprint density at radius 1 is 1.43 bits per heavy atom. The number of aryl methyl sites for hydroxylation is 1. The molecule has 4 nitrogen and oxygen atoms in total. The second-order valence-electron chi connectivity index (χ2n) is 4.35. The maximum absolute atomic E-state index is 11.7. The number of nitrogens with one attached hydrogen (secondary N) is 1. The second-order valence-corrected chi connectivity index (χ2v) is 6.13. The Labute approximate surface area is 137 Å². The fourth-order valence-electron chi connectivity index (χ4n) is 1.61. The summed E-state index contributed by atoms with van der Waals surface area (Å²) in [7, 11) is 0. The topological polar surface area (TPSA) is 51.2 Å². The molecule has 0 spiro atoms. The highest BCUT2D eigenvalue weighted by atomic mass is 35.5. The number of halogens is 2. The highest BCUT2D eigenvalue weighted by Crippen LogP contribution is 2.27. The molecule has 2 rings (SSSR count). The zero-order valence-corrected chi connectivity index (χ0v) is 13.7. The minimum absolute atomic E-state index is 0.0851. The van der Waals surface area contributed by atoms with Crippen LogP contribution in [0.2, 0.25) is 10.0 Å². The van der Waals surface area contributed by atoms with Crippen molar-refractivity contribution in [3.63, 3.8) is 0 Å². The smallest absolute Gasteiger partial charge is 0.257 e. The van der Waals surface area contributed by atoms with E-state index >= 15 is 0 Å². The molecule has 0 aliphatic rings. The van der Waals surface area contributed by atoms with E-state index in [1.165, 1.54) is 0 Å². The number of hydrogen-bond acceptors (Lipinski definition) is 4. The Morgan fingerprint density at radius 2 is 2.24 bits per heavy atom. The van der Waals surface area contributed by atoms with Gasteiger partial charge in [-0.2, -0.15) is 0 Å². The number of aromatic nitrogens is 1. The standard InChI is InChI=1S/C14H14Cl2N2O2S/c1-9-8-21-14(18-9)4-5-17-13(19)7-20-12-3-2-10(15)6-11(12)16/h2-3,6,8H,4-5,7H2,1H3,(H,17,19). The number of ether oxygens (including phenoxy) is 1. The fourth-order valence-corrected chi connectivity index (χ4v) is 2.85. The first-order chi connectivity index (χ1) is 10.0. The van der Waals surface area contributed by atoms with Crippen LogP contribution in [-0.2, 0) is 11.2 Å². The summed E-state index contributed by atoms with van der Waals surface area (Å²) in [5.41, 5.74) is 1.00. The molecule has 7 heteroatoms. The van der Waals surface area contributed by atoms with Gasteiger partial charge in [0.1, 0.15) is 5.75 Å². The second kappa shape index (κ2) is 7.64. The Balaban J connectivity index is 1.72. The van der Waals surface area contributed by atoms with Crippen LogP contribution in [0.4, 0.5) is 0 Å². The number of carbonyl (C=O) groups is 1. The molecule has 0 saturated heterocycles. The van der Waals surface area contributed by atoms with Crippen molar-refractivity contribution in [2.45, 2.75) is 13.3 Å². The molecule has 21 heavy (non-hydrogen) atoms. The third-order valence-electron chi connectivity index (χ3n) is 2.58. The van der Waals surface area contributed by atoms with Gasteiger partial charge >= 0.3 is 0 Å². The van der Waals surface area contributed by atoms with Crippen molar-refractivity contribution >= 4 is 40.4 Å². The minimum atomic E-state index is -0.200. The molecule has 0 bridgehead atoms. The summed E-state index contributed by atoms with van der Waals surface area (Å²) in [6.45, 7) is 2.39. The van der Waals surface area contributed by atoms with E-state index in [0.717, 1.165) is 10.7 Å². The SMILES string of the molecule is Cc1csc(CCNC(=O)COc2ccc(Cl)cc2Cl)n1. The molecular weight excluding hydrogens is 331 g/mol. The van der Waals surface area contributed by atoms with E-state index in [-0.39, 0.29) is 12.5 Å². The van der Waals surface area contributed by atoms with Crippen LogP contribution in [0.3, 0.4) is 0 Å². The number of amides is 1. The molecular formula is C14H14Cl2N2O2S. The first kappa shape index (κ1) is 16.1. The van der Waals surface area contributed by atoms with E-state index in [2.05, 4.69) is 10.3 Å². The van der Waals surface area contributed by atoms with Gasteiger partial charge in [0.2, 0.25) is 0 Å². The van der Waals surface area contributed by atoms with Crippen LogP contribution in [0.15, 0.2) is 23.6 Å². The number of benzene rings is 1. The molecule has 1 amide bonds. The van der Waals surface area contributed by atoms with E-state index in [1.807, 2.05) is 12.3 Å². The third-order valence-corrected chi connectivity index (χ3v) is 4.14. The molecule has 1 aromatic heterocycles. The van der Waals surface area contributed by atoms with Gasteiger partial charge in [0.05, 0.1) is 10.0 Å². The summed E-state index contributed by atoms with van der Waals surface area (Å²) in [6, 6.07) is 4.86. The molecule has 0 aliphatic carbocycles. The number of thiazole rings is 1. The van der Waals surface area contributed by atoms with Gasteiger partial charge in [0.15, 0.2) is 6.61 Å². The lowest BCUT2D eigenvalue weighted by Crippen LogP contribution is -2.30. The molecule has 2 aromatic rings. The van der Waals surface area contributed by atoms with Crippen LogP contribution >= 0.6 is 34.5 Å². The predicted molar refractivity (Wildman–Crippen MR) is 85.5 cm³/mol. The molecule has 1 N–H and O–H groups in total. The van der Waals surface area contributed by atoms with Crippen LogP contribution in [0.5, 0.6) is 5.75 Å². The zero-order chi connectivity index (χ0) is 15.2. The van der Waals surface area contributed by atoms with Crippen molar-refractivity contribution in [1.29, 1.82) is 0 Å². The molecule has 1 heterocycles. The van der Waals surface area contributed by atoms with Gasteiger partial charge in [-0.25, -0.2) is 4.98 Å². The van der Waals surface area contributed by atoms with Gasteiger partial charge in [0, 0.05) is 29.1 Å². The lowest BCUT2D eigenvalue weighted by Gasteiger charge is -2.08. The molecule has 0 aliphatic heterocycles. The van der Waals surface area contributed by atoms with Gasteiger partial charge in [-0.15, -0.1) is 11.3 Å². The summed E-state index contributed by atoms with van der Waals surface area (Å²) in [6.07, 6.45) is 0.714. The zero-order valence-electron chi connectivity index (χ0n) is 11.4. The monoisotopic (exact) mass is 344 g/mol. The molecule has 0 saturated carbocycles. The third kappa shape index (κ3) is 5.19. The van der Waals surface area contributed by atoms with Crippen LogP contribution in [0, 0.1) is 6.92 Å². The highest BCUT2D eigenvalue weighted by molar-refractivity contribution is 7.09. The number of rotatable bonds is 6. The van der Waals surface area contributed by atoms with Gasteiger partial charge in [-0.3, -0.25) is 4.79 Å². The Kier molecular flexibility index (Phi) is 5.85. The Bertz CT molecular complexity index is 631. The van der Waals surface area contributed by atoms with Gasteiger partial charge < -0.3 is 10.1 Å². The van der Waals surface area contributed by atoms with Gasteiger partial charge in [-0.1, -0.05) is 23.2 Å².